The first-order valence-electron chi connectivity index (χ1n) is 8.34. The smallest absolute Gasteiger partial charge is 0.336 e. The van der Waals surface area contributed by atoms with Crippen LogP contribution >= 0.6 is 0 Å². The number of carbonyl (C=O) groups excluding carboxylic acids is 2. The Bertz CT molecular complexity index is 1130. The van der Waals surface area contributed by atoms with E-state index in [1.807, 2.05) is 0 Å². The van der Waals surface area contributed by atoms with E-state index in [1.54, 1.807) is 18.2 Å². The van der Waals surface area contributed by atoms with E-state index in [9.17, 15) is 33.8 Å². The van der Waals surface area contributed by atoms with Gasteiger partial charge in [0.05, 0.1) is 11.1 Å². The number of carboxylic acids is 2. The summed E-state index contributed by atoms with van der Waals surface area (Å²) in [5, 5.41) is 19.1. The molecule has 0 aliphatic rings. The van der Waals surface area contributed by atoms with Gasteiger partial charge in [-0.2, -0.15) is 0 Å². The van der Waals surface area contributed by atoms with Crippen LogP contribution in [0.2, 0.25) is 0 Å². The second-order valence-electron chi connectivity index (χ2n) is 6.08. The average Bonchev–Trinajstić information content (AvgIpc) is 2.72. The summed E-state index contributed by atoms with van der Waals surface area (Å²) in [6.07, 6.45) is 0. The normalized spacial score (nSPS) is 10.4. The molecule has 3 aromatic carbocycles. The molecule has 0 aliphatic heterocycles. The lowest BCUT2D eigenvalue weighted by Gasteiger charge is -2.12. The van der Waals surface area contributed by atoms with Crippen molar-refractivity contribution >= 4 is 23.5 Å². The van der Waals surface area contributed by atoms with Crippen molar-refractivity contribution in [1.29, 1.82) is 0 Å². The summed E-state index contributed by atoms with van der Waals surface area (Å²) in [6, 6.07) is 13.9. The highest BCUT2D eigenvalue weighted by Gasteiger charge is 2.26. The fourth-order valence-electron chi connectivity index (χ4n) is 2.83. The van der Waals surface area contributed by atoms with E-state index in [0.29, 0.717) is 0 Å². The van der Waals surface area contributed by atoms with Crippen LogP contribution in [-0.4, -0.2) is 33.7 Å². The Kier molecular flexibility index (Phi) is 5.32. The molecule has 144 valence electrons. The molecule has 7 heteroatoms. The third-order valence-corrected chi connectivity index (χ3v) is 4.25. The van der Waals surface area contributed by atoms with E-state index in [4.69, 9.17) is 0 Å². The second-order valence-corrected chi connectivity index (χ2v) is 6.08. The number of carbonyl (C=O) groups is 4. The maximum absolute atomic E-state index is 13.1. The van der Waals surface area contributed by atoms with Crippen LogP contribution in [0.5, 0.6) is 0 Å². The van der Waals surface area contributed by atoms with E-state index < -0.39 is 46.0 Å². The summed E-state index contributed by atoms with van der Waals surface area (Å²) in [4.78, 5) is 49.0. The Morgan fingerprint density at radius 1 is 0.586 bits per heavy atom. The molecule has 0 saturated carbocycles. The van der Waals surface area contributed by atoms with Crippen molar-refractivity contribution < 1.29 is 33.8 Å². The summed E-state index contributed by atoms with van der Waals surface area (Å²) in [5.74, 6) is -5.08. The number of hydrogen-bond donors (Lipinski definition) is 2. The number of benzene rings is 3. The van der Waals surface area contributed by atoms with Gasteiger partial charge in [-0.05, 0) is 36.4 Å². The zero-order chi connectivity index (χ0) is 21.1. The highest BCUT2D eigenvalue weighted by atomic mass is 19.1. The van der Waals surface area contributed by atoms with Crippen molar-refractivity contribution in [3.05, 3.63) is 106 Å². The first-order chi connectivity index (χ1) is 13.8. The molecule has 0 saturated heterocycles. The largest absolute Gasteiger partial charge is 0.478 e. The summed E-state index contributed by atoms with van der Waals surface area (Å²) in [5.41, 5.74) is -1.64. The van der Waals surface area contributed by atoms with Gasteiger partial charge in [0, 0.05) is 22.3 Å². The fraction of sp³-hybridized carbons (Fsp3) is 0. The van der Waals surface area contributed by atoms with Crippen LogP contribution < -0.4 is 0 Å². The third kappa shape index (κ3) is 3.93. The van der Waals surface area contributed by atoms with Crippen molar-refractivity contribution in [2.24, 2.45) is 0 Å². The van der Waals surface area contributed by atoms with E-state index in [0.717, 1.165) is 36.4 Å². The molecule has 0 fully saturated rings. The van der Waals surface area contributed by atoms with Crippen molar-refractivity contribution in [2.75, 3.05) is 0 Å². The lowest BCUT2D eigenvalue weighted by atomic mass is 9.90. The Labute approximate surface area is 163 Å². The minimum absolute atomic E-state index is 0.0209. The van der Waals surface area contributed by atoms with E-state index >= 15 is 0 Å². The summed E-state index contributed by atoms with van der Waals surface area (Å²) in [7, 11) is 0. The predicted octanol–water partition coefficient (Wildman–Crippen LogP) is 3.68. The molecule has 3 aromatic rings. The lowest BCUT2D eigenvalue weighted by Crippen LogP contribution is -2.17. The first-order valence-corrected chi connectivity index (χ1v) is 8.34. The van der Waals surface area contributed by atoms with Crippen LogP contribution in [0.15, 0.2) is 66.7 Å². The minimum Gasteiger partial charge on any atom is -0.478 e. The van der Waals surface area contributed by atoms with Crippen molar-refractivity contribution in [2.45, 2.75) is 0 Å². The maximum Gasteiger partial charge on any atom is 0.336 e. The van der Waals surface area contributed by atoms with Crippen molar-refractivity contribution in [3.63, 3.8) is 0 Å². The SMILES string of the molecule is O=C(O)c1cc(C(=O)c2ccc(F)cc2)c(C(=O)O)cc1C(=O)c1ccccc1. The molecule has 0 heterocycles. The fourth-order valence-corrected chi connectivity index (χ4v) is 2.83. The molecule has 6 nitrogen and oxygen atoms in total. The molecule has 0 aromatic heterocycles. The van der Waals surface area contributed by atoms with Crippen LogP contribution in [0.1, 0.15) is 52.6 Å². The molecule has 0 unspecified atom stereocenters. The number of carboxylic acid groups (broad SMARTS) is 2. The maximum atomic E-state index is 13.1. The zero-order valence-corrected chi connectivity index (χ0v) is 14.8. The number of hydrogen-bond acceptors (Lipinski definition) is 4. The van der Waals surface area contributed by atoms with Gasteiger partial charge in [0.1, 0.15) is 5.82 Å². The Morgan fingerprint density at radius 3 is 1.41 bits per heavy atom. The van der Waals surface area contributed by atoms with Crippen LogP contribution in [0.4, 0.5) is 4.39 Å². The zero-order valence-electron chi connectivity index (χ0n) is 14.8. The second kappa shape index (κ2) is 7.85. The van der Waals surface area contributed by atoms with Crippen LogP contribution in [-0.2, 0) is 0 Å². The predicted molar refractivity (Wildman–Crippen MR) is 100 cm³/mol. The standard InChI is InChI=1S/C22H13FO6/c23-14-8-6-13(7-9-14)20(25)16-11-17(21(26)27)15(10-18(16)22(28)29)19(24)12-4-2-1-3-5-12/h1-11H,(H,26,27)(H,28,29). The van der Waals surface area contributed by atoms with E-state index in [-0.39, 0.29) is 16.7 Å². The molecular weight excluding hydrogens is 379 g/mol. The van der Waals surface area contributed by atoms with Crippen LogP contribution in [0.25, 0.3) is 0 Å². The Morgan fingerprint density at radius 2 is 1.00 bits per heavy atom. The summed E-state index contributed by atoms with van der Waals surface area (Å²) >= 11 is 0. The first kappa shape index (κ1) is 19.6. The van der Waals surface area contributed by atoms with Gasteiger partial charge in [-0.3, -0.25) is 9.59 Å². The van der Waals surface area contributed by atoms with Gasteiger partial charge >= 0.3 is 11.9 Å². The Balaban J connectivity index is 2.21. The molecule has 0 radical (unpaired) electrons. The molecule has 0 spiro atoms. The number of halogens is 1. The molecule has 0 aliphatic carbocycles. The lowest BCUT2D eigenvalue weighted by molar-refractivity contribution is 0.0677. The molecular formula is C22H13FO6. The van der Waals surface area contributed by atoms with Gasteiger partial charge < -0.3 is 10.2 Å². The van der Waals surface area contributed by atoms with Crippen LogP contribution in [0, 0.1) is 5.82 Å². The number of rotatable bonds is 6. The quantitative estimate of drug-likeness (QED) is 0.620. The summed E-state index contributed by atoms with van der Waals surface area (Å²) < 4.78 is 13.1. The topological polar surface area (TPSA) is 109 Å². The van der Waals surface area contributed by atoms with Gasteiger partial charge in [-0.15, -0.1) is 0 Å². The van der Waals surface area contributed by atoms with Gasteiger partial charge in [0.15, 0.2) is 11.6 Å². The third-order valence-electron chi connectivity index (χ3n) is 4.25. The molecule has 0 bridgehead atoms. The highest BCUT2D eigenvalue weighted by Crippen LogP contribution is 2.23. The minimum atomic E-state index is -1.51. The van der Waals surface area contributed by atoms with Gasteiger partial charge in [0.25, 0.3) is 0 Å². The van der Waals surface area contributed by atoms with Crippen molar-refractivity contribution in [1.82, 2.24) is 0 Å². The van der Waals surface area contributed by atoms with Crippen molar-refractivity contribution in [3.8, 4) is 0 Å². The average molecular weight is 392 g/mol. The van der Waals surface area contributed by atoms with Crippen LogP contribution in [0.3, 0.4) is 0 Å². The number of ketones is 2. The molecule has 0 amide bonds. The van der Waals surface area contributed by atoms with E-state index in [2.05, 4.69) is 0 Å². The van der Waals surface area contributed by atoms with Gasteiger partial charge in [-0.1, -0.05) is 30.3 Å². The monoisotopic (exact) mass is 392 g/mol. The van der Waals surface area contributed by atoms with Gasteiger partial charge in [-0.25, -0.2) is 14.0 Å². The van der Waals surface area contributed by atoms with Gasteiger partial charge in [0.2, 0.25) is 0 Å². The summed E-state index contributed by atoms with van der Waals surface area (Å²) in [6.45, 7) is 0. The molecule has 29 heavy (non-hydrogen) atoms. The molecule has 2 N–H and O–H groups in total. The molecule has 3 rings (SSSR count). The molecule has 0 atom stereocenters. The Hall–Kier alpha value is -4.13. The highest BCUT2D eigenvalue weighted by molar-refractivity contribution is 6.19. The number of aromatic carboxylic acids is 2. The van der Waals surface area contributed by atoms with E-state index in [1.165, 1.54) is 12.1 Å².